The molecule has 1 heterocycles. The summed E-state index contributed by atoms with van der Waals surface area (Å²) in [6, 6.07) is 6.55. The Hall–Kier alpha value is -1.06. The highest BCUT2D eigenvalue weighted by Gasteiger charge is 2.29. The molecule has 3 heteroatoms. The molecule has 2 rings (SSSR count). The normalized spacial score (nSPS) is 18.2. The van der Waals surface area contributed by atoms with Crippen molar-refractivity contribution < 1.29 is 9.84 Å². The zero-order valence-electron chi connectivity index (χ0n) is 11.5. The van der Waals surface area contributed by atoms with E-state index in [1.165, 1.54) is 11.1 Å². The number of aliphatic hydroxyl groups excluding tert-OH is 1. The topological polar surface area (TPSA) is 41.5 Å². The first-order valence-electron chi connectivity index (χ1n) is 6.69. The van der Waals surface area contributed by atoms with Crippen molar-refractivity contribution in [2.24, 2.45) is 0 Å². The van der Waals surface area contributed by atoms with Gasteiger partial charge in [0.05, 0.1) is 6.61 Å². The highest BCUT2D eigenvalue weighted by atomic mass is 16.5. The van der Waals surface area contributed by atoms with Crippen molar-refractivity contribution in [3.63, 3.8) is 0 Å². The van der Waals surface area contributed by atoms with E-state index in [-0.39, 0.29) is 18.2 Å². The van der Waals surface area contributed by atoms with Gasteiger partial charge < -0.3 is 15.2 Å². The van der Waals surface area contributed by atoms with Crippen molar-refractivity contribution in [1.29, 1.82) is 0 Å². The average Bonchev–Trinajstić information content (AvgIpc) is 2.63. The van der Waals surface area contributed by atoms with Crippen molar-refractivity contribution >= 4 is 0 Å². The van der Waals surface area contributed by atoms with E-state index < -0.39 is 0 Å². The maximum Gasteiger partial charge on any atom is 0.123 e. The predicted octanol–water partition coefficient (Wildman–Crippen LogP) is 2.26. The van der Waals surface area contributed by atoms with Crippen LogP contribution in [0.5, 0.6) is 5.75 Å². The molecule has 2 N–H and O–H groups in total. The fraction of sp³-hybridized carbons (Fsp3) is 0.600. The van der Waals surface area contributed by atoms with E-state index in [2.05, 4.69) is 44.3 Å². The lowest BCUT2D eigenvalue weighted by Gasteiger charge is -2.16. The van der Waals surface area contributed by atoms with Crippen LogP contribution in [0.2, 0.25) is 0 Å². The lowest BCUT2D eigenvalue weighted by Crippen LogP contribution is -2.31. The maximum absolute atomic E-state index is 9.15. The summed E-state index contributed by atoms with van der Waals surface area (Å²) in [5, 5.41) is 12.5. The van der Waals surface area contributed by atoms with Gasteiger partial charge in [-0.3, -0.25) is 0 Å². The smallest absolute Gasteiger partial charge is 0.123 e. The van der Waals surface area contributed by atoms with Gasteiger partial charge in [0.1, 0.15) is 11.4 Å². The third-order valence-electron chi connectivity index (χ3n) is 3.44. The van der Waals surface area contributed by atoms with Gasteiger partial charge in [-0.1, -0.05) is 19.1 Å². The van der Waals surface area contributed by atoms with Gasteiger partial charge >= 0.3 is 0 Å². The molecule has 0 radical (unpaired) electrons. The van der Waals surface area contributed by atoms with Crippen molar-refractivity contribution in [1.82, 2.24) is 5.32 Å². The van der Waals surface area contributed by atoms with Gasteiger partial charge in [-0.05, 0) is 37.5 Å². The molecule has 0 bridgehead atoms. The van der Waals surface area contributed by atoms with E-state index in [0.29, 0.717) is 0 Å². The van der Waals surface area contributed by atoms with Crippen LogP contribution in [0.4, 0.5) is 0 Å². The number of nitrogens with one attached hydrogen (secondary N) is 1. The van der Waals surface area contributed by atoms with Gasteiger partial charge in [-0.2, -0.15) is 0 Å². The van der Waals surface area contributed by atoms with Crippen LogP contribution in [0, 0.1) is 0 Å². The number of hydrogen-bond acceptors (Lipinski definition) is 3. The molecule has 0 saturated carbocycles. The summed E-state index contributed by atoms with van der Waals surface area (Å²) in [6.07, 6.45) is 1.91. The molecule has 0 fully saturated rings. The quantitative estimate of drug-likeness (QED) is 0.841. The Labute approximate surface area is 109 Å². The Bertz CT molecular complexity index is 411. The van der Waals surface area contributed by atoms with Crippen LogP contribution < -0.4 is 10.1 Å². The Balaban J connectivity index is 2.01. The Kier molecular flexibility index (Phi) is 3.93. The Morgan fingerprint density at radius 3 is 2.89 bits per heavy atom. The Morgan fingerprint density at radius 2 is 2.22 bits per heavy atom. The molecular weight excluding hydrogens is 226 g/mol. The number of fused-ring (bicyclic) bond motifs is 1. The molecule has 0 aliphatic carbocycles. The zero-order valence-corrected chi connectivity index (χ0v) is 11.5. The van der Waals surface area contributed by atoms with E-state index in [1.807, 2.05) is 0 Å². The van der Waals surface area contributed by atoms with Crippen molar-refractivity contribution in [2.45, 2.75) is 51.8 Å². The zero-order chi connectivity index (χ0) is 13.2. The molecule has 1 aromatic rings. The molecule has 1 atom stereocenters. The minimum atomic E-state index is -0.0779. The van der Waals surface area contributed by atoms with Crippen molar-refractivity contribution in [2.75, 3.05) is 6.61 Å². The summed E-state index contributed by atoms with van der Waals surface area (Å²) in [6.45, 7) is 7.30. The fourth-order valence-electron chi connectivity index (χ4n) is 2.37. The van der Waals surface area contributed by atoms with Gasteiger partial charge in [0.25, 0.3) is 0 Å². The summed E-state index contributed by atoms with van der Waals surface area (Å²) in [7, 11) is 0. The van der Waals surface area contributed by atoms with Gasteiger partial charge in [0, 0.05) is 19.0 Å². The molecule has 0 aromatic heterocycles. The molecule has 0 saturated heterocycles. The second kappa shape index (κ2) is 5.29. The standard InChI is InChI=1S/C15H23NO2/c1-4-13(10-17)16-9-11-5-6-14-12(7-11)8-15(2,3)18-14/h5-7,13,16-17H,4,8-10H2,1-3H3. The molecule has 1 aliphatic heterocycles. The summed E-state index contributed by atoms with van der Waals surface area (Å²) in [5.41, 5.74) is 2.46. The van der Waals surface area contributed by atoms with E-state index >= 15 is 0 Å². The van der Waals surface area contributed by atoms with E-state index in [9.17, 15) is 0 Å². The van der Waals surface area contributed by atoms with Gasteiger partial charge in [0.15, 0.2) is 0 Å². The molecule has 3 nitrogen and oxygen atoms in total. The number of rotatable bonds is 5. The monoisotopic (exact) mass is 249 g/mol. The van der Waals surface area contributed by atoms with Gasteiger partial charge in [-0.25, -0.2) is 0 Å². The van der Waals surface area contributed by atoms with Gasteiger partial charge in [0.2, 0.25) is 0 Å². The summed E-state index contributed by atoms with van der Waals surface area (Å²) in [5.74, 6) is 1.01. The molecule has 18 heavy (non-hydrogen) atoms. The molecule has 1 unspecified atom stereocenters. The molecule has 0 amide bonds. The first kappa shape index (κ1) is 13.4. The van der Waals surface area contributed by atoms with Crippen LogP contribution in [0.25, 0.3) is 0 Å². The van der Waals surface area contributed by atoms with Crippen LogP contribution in [-0.4, -0.2) is 23.4 Å². The second-order valence-electron chi connectivity index (χ2n) is 5.65. The van der Waals surface area contributed by atoms with Gasteiger partial charge in [-0.15, -0.1) is 0 Å². The van der Waals surface area contributed by atoms with Crippen molar-refractivity contribution in [3.05, 3.63) is 29.3 Å². The molecule has 0 spiro atoms. The minimum Gasteiger partial charge on any atom is -0.487 e. The predicted molar refractivity (Wildman–Crippen MR) is 72.9 cm³/mol. The highest BCUT2D eigenvalue weighted by Crippen LogP contribution is 2.35. The van der Waals surface area contributed by atoms with Crippen LogP contribution in [0.1, 0.15) is 38.3 Å². The first-order chi connectivity index (χ1) is 8.54. The third-order valence-corrected chi connectivity index (χ3v) is 3.44. The largest absolute Gasteiger partial charge is 0.487 e. The number of benzene rings is 1. The second-order valence-corrected chi connectivity index (χ2v) is 5.65. The lowest BCUT2D eigenvalue weighted by atomic mass is 10.00. The summed E-state index contributed by atoms with van der Waals surface area (Å²) >= 11 is 0. The summed E-state index contributed by atoms with van der Waals surface area (Å²) < 4.78 is 5.86. The van der Waals surface area contributed by atoms with Crippen LogP contribution in [-0.2, 0) is 13.0 Å². The van der Waals surface area contributed by atoms with Crippen LogP contribution in [0.3, 0.4) is 0 Å². The number of hydrogen-bond donors (Lipinski definition) is 2. The number of ether oxygens (including phenoxy) is 1. The third kappa shape index (κ3) is 3.03. The van der Waals surface area contributed by atoms with E-state index in [1.54, 1.807) is 0 Å². The maximum atomic E-state index is 9.15. The van der Waals surface area contributed by atoms with Crippen LogP contribution in [0.15, 0.2) is 18.2 Å². The molecule has 1 aromatic carbocycles. The Morgan fingerprint density at radius 1 is 1.44 bits per heavy atom. The van der Waals surface area contributed by atoms with E-state index in [4.69, 9.17) is 9.84 Å². The number of aliphatic hydroxyl groups is 1. The minimum absolute atomic E-state index is 0.0779. The SMILES string of the molecule is CCC(CO)NCc1ccc2c(c1)CC(C)(C)O2. The molecular formula is C15H23NO2. The summed E-state index contributed by atoms with van der Waals surface area (Å²) in [4.78, 5) is 0. The van der Waals surface area contributed by atoms with Crippen molar-refractivity contribution in [3.8, 4) is 5.75 Å². The average molecular weight is 249 g/mol. The fourth-order valence-corrected chi connectivity index (χ4v) is 2.37. The molecule has 100 valence electrons. The van der Waals surface area contributed by atoms with E-state index in [0.717, 1.165) is 25.1 Å². The van der Waals surface area contributed by atoms with Crippen LogP contribution >= 0.6 is 0 Å². The lowest BCUT2D eigenvalue weighted by molar-refractivity contribution is 0.138. The highest BCUT2D eigenvalue weighted by molar-refractivity contribution is 5.41. The first-order valence-corrected chi connectivity index (χ1v) is 6.69. The molecule has 1 aliphatic rings.